The Labute approximate surface area is 141 Å². The number of aromatic nitrogens is 2. The molecular weight excluding hydrogens is 304 g/mol. The van der Waals surface area contributed by atoms with Crippen LogP contribution in [0.4, 0.5) is 0 Å². The van der Waals surface area contributed by atoms with Gasteiger partial charge in [-0.2, -0.15) is 4.98 Å². The molecule has 3 heterocycles. The minimum atomic E-state index is -0.108. The fourth-order valence-electron chi connectivity index (χ4n) is 3.69. The fraction of sp³-hybridized carbons (Fsp3) is 0.500. The molecule has 1 N–H and O–H groups in total. The van der Waals surface area contributed by atoms with Gasteiger partial charge in [0.25, 0.3) is 0 Å². The summed E-state index contributed by atoms with van der Waals surface area (Å²) >= 11 is 0. The van der Waals surface area contributed by atoms with Gasteiger partial charge in [-0.1, -0.05) is 29.4 Å². The first-order chi connectivity index (χ1) is 11.7. The molecule has 0 saturated carbocycles. The van der Waals surface area contributed by atoms with Crippen molar-refractivity contribution < 1.29 is 9.32 Å². The number of likely N-dealkylation sites (tertiary alicyclic amines) is 1. The molecule has 24 heavy (non-hydrogen) atoms. The van der Waals surface area contributed by atoms with Gasteiger partial charge in [-0.05, 0) is 30.4 Å². The Morgan fingerprint density at radius 2 is 2.00 bits per heavy atom. The first-order valence-electron chi connectivity index (χ1n) is 8.60. The molecule has 1 aromatic heterocycles. The smallest absolute Gasteiger partial charge is 0.240 e. The van der Waals surface area contributed by atoms with E-state index in [0.29, 0.717) is 11.8 Å². The summed E-state index contributed by atoms with van der Waals surface area (Å²) in [6.45, 7) is 4.10. The van der Waals surface area contributed by atoms with Gasteiger partial charge < -0.3 is 14.7 Å². The van der Waals surface area contributed by atoms with Gasteiger partial charge in [-0.25, -0.2) is 0 Å². The predicted octanol–water partition coefficient (Wildman–Crippen LogP) is 1.80. The summed E-state index contributed by atoms with van der Waals surface area (Å²) in [5, 5.41) is 7.41. The maximum Gasteiger partial charge on any atom is 0.240 e. The summed E-state index contributed by atoms with van der Waals surface area (Å²) in [5.74, 6) is 1.90. The van der Waals surface area contributed by atoms with Gasteiger partial charge >= 0.3 is 0 Å². The Morgan fingerprint density at radius 1 is 1.25 bits per heavy atom. The normalized spacial score (nSPS) is 21.5. The zero-order valence-electron chi connectivity index (χ0n) is 13.9. The predicted molar refractivity (Wildman–Crippen MR) is 88.4 cm³/mol. The van der Waals surface area contributed by atoms with E-state index in [4.69, 9.17) is 4.52 Å². The van der Waals surface area contributed by atoms with Crippen LogP contribution in [0, 0.1) is 6.92 Å². The molecule has 0 aliphatic carbocycles. The summed E-state index contributed by atoms with van der Waals surface area (Å²) in [6.07, 6.45) is 2.57. The second-order valence-electron chi connectivity index (χ2n) is 6.68. The van der Waals surface area contributed by atoms with E-state index in [0.717, 1.165) is 44.7 Å². The molecule has 1 saturated heterocycles. The monoisotopic (exact) mass is 326 g/mol. The first kappa shape index (κ1) is 15.3. The van der Waals surface area contributed by atoms with Crippen LogP contribution in [-0.2, 0) is 17.8 Å². The summed E-state index contributed by atoms with van der Waals surface area (Å²) < 4.78 is 5.07. The lowest BCUT2D eigenvalue weighted by molar-refractivity contribution is -0.134. The summed E-state index contributed by atoms with van der Waals surface area (Å²) in [6, 6.07) is 8.24. The van der Waals surface area contributed by atoms with Gasteiger partial charge in [0.2, 0.25) is 11.8 Å². The van der Waals surface area contributed by atoms with Crippen molar-refractivity contribution in [2.75, 3.05) is 13.1 Å². The van der Waals surface area contributed by atoms with Crippen LogP contribution >= 0.6 is 0 Å². The molecule has 2 aliphatic heterocycles. The first-order valence-corrected chi connectivity index (χ1v) is 8.60. The van der Waals surface area contributed by atoms with Crippen molar-refractivity contribution in [3.63, 3.8) is 0 Å². The zero-order valence-corrected chi connectivity index (χ0v) is 13.9. The number of hydrogen-bond acceptors (Lipinski definition) is 5. The molecule has 2 aromatic rings. The molecule has 6 nitrogen and oxygen atoms in total. The van der Waals surface area contributed by atoms with E-state index in [1.165, 1.54) is 11.1 Å². The maximum atomic E-state index is 12.8. The van der Waals surface area contributed by atoms with E-state index >= 15 is 0 Å². The van der Waals surface area contributed by atoms with Crippen molar-refractivity contribution in [3.05, 3.63) is 47.1 Å². The van der Waals surface area contributed by atoms with Crippen LogP contribution in [0.5, 0.6) is 0 Å². The van der Waals surface area contributed by atoms with E-state index in [9.17, 15) is 4.79 Å². The number of amides is 1. The Bertz CT molecular complexity index is 734. The van der Waals surface area contributed by atoms with Crippen LogP contribution in [0.25, 0.3) is 0 Å². The topological polar surface area (TPSA) is 71.3 Å². The number of carbonyl (C=O) groups excluding carboxylic acids is 1. The van der Waals surface area contributed by atoms with E-state index in [-0.39, 0.29) is 11.9 Å². The van der Waals surface area contributed by atoms with Crippen molar-refractivity contribution in [2.24, 2.45) is 0 Å². The van der Waals surface area contributed by atoms with E-state index in [2.05, 4.69) is 27.6 Å². The Balaban J connectivity index is 1.37. The molecule has 0 spiro atoms. The average Bonchev–Trinajstić information content (AvgIpc) is 3.07. The number of fused-ring (bicyclic) bond motifs is 1. The van der Waals surface area contributed by atoms with Crippen molar-refractivity contribution in [2.45, 2.75) is 44.7 Å². The van der Waals surface area contributed by atoms with Crippen LogP contribution in [0.15, 0.2) is 28.8 Å². The number of nitrogens with one attached hydrogen (secondary N) is 1. The van der Waals surface area contributed by atoms with Gasteiger partial charge in [0.15, 0.2) is 5.82 Å². The van der Waals surface area contributed by atoms with Crippen LogP contribution < -0.4 is 5.32 Å². The Hall–Kier alpha value is -2.21. The van der Waals surface area contributed by atoms with E-state index < -0.39 is 0 Å². The van der Waals surface area contributed by atoms with Gasteiger partial charge in [0.05, 0.1) is 6.04 Å². The highest BCUT2D eigenvalue weighted by molar-refractivity contribution is 5.82. The molecule has 0 bridgehead atoms. The van der Waals surface area contributed by atoms with Crippen molar-refractivity contribution >= 4 is 5.91 Å². The SMILES string of the molecule is Cc1nc(C2CCN(C(=O)C3Cc4ccccc4CN3)CC2)no1. The van der Waals surface area contributed by atoms with Gasteiger partial charge in [0, 0.05) is 32.5 Å². The second-order valence-corrected chi connectivity index (χ2v) is 6.68. The number of piperidine rings is 1. The number of hydrogen-bond donors (Lipinski definition) is 1. The third kappa shape index (κ3) is 2.94. The average molecular weight is 326 g/mol. The molecule has 2 aliphatic rings. The largest absolute Gasteiger partial charge is 0.341 e. The highest BCUT2D eigenvalue weighted by Gasteiger charge is 2.31. The van der Waals surface area contributed by atoms with Crippen molar-refractivity contribution in [3.8, 4) is 0 Å². The molecule has 1 unspecified atom stereocenters. The van der Waals surface area contributed by atoms with Crippen LogP contribution in [0.3, 0.4) is 0 Å². The minimum absolute atomic E-state index is 0.108. The van der Waals surface area contributed by atoms with Crippen molar-refractivity contribution in [1.29, 1.82) is 0 Å². The molecular formula is C18H22N4O2. The number of aryl methyl sites for hydroxylation is 1. The van der Waals surface area contributed by atoms with Crippen LogP contribution in [-0.4, -0.2) is 40.1 Å². The van der Waals surface area contributed by atoms with Gasteiger partial charge in [-0.15, -0.1) is 0 Å². The summed E-state index contributed by atoms with van der Waals surface area (Å²) in [4.78, 5) is 19.1. The number of carbonyl (C=O) groups is 1. The van der Waals surface area contributed by atoms with Crippen LogP contribution in [0.1, 0.15) is 41.6 Å². The molecule has 0 radical (unpaired) electrons. The van der Waals surface area contributed by atoms with E-state index in [1.807, 2.05) is 24.0 Å². The molecule has 1 aromatic carbocycles. The molecule has 4 rings (SSSR count). The minimum Gasteiger partial charge on any atom is -0.341 e. The molecule has 6 heteroatoms. The third-order valence-electron chi connectivity index (χ3n) is 5.09. The summed E-state index contributed by atoms with van der Waals surface area (Å²) in [7, 11) is 0. The highest BCUT2D eigenvalue weighted by Crippen LogP contribution is 2.27. The Kier molecular flexibility index (Phi) is 4.06. The fourth-order valence-corrected chi connectivity index (χ4v) is 3.69. The lowest BCUT2D eigenvalue weighted by Crippen LogP contribution is -2.51. The standard InChI is InChI=1S/C18H22N4O2/c1-12-20-17(21-24-12)13-6-8-22(9-7-13)18(23)16-10-14-4-2-3-5-15(14)11-19-16/h2-5,13,16,19H,6-11H2,1H3. The number of nitrogens with zero attached hydrogens (tertiary/aromatic N) is 3. The molecule has 1 atom stereocenters. The molecule has 1 amide bonds. The van der Waals surface area contributed by atoms with Gasteiger partial charge in [0.1, 0.15) is 0 Å². The second kappa shape index (κ2) is 6.36. The maximum absolute atomic E-state index is 12.8. The number of rotatable bonds is 2. The Morgan fingerprint density at radius 3 is 2.71 bits per heavy atom. The van der Waals surface area contributed by atoms with Crippen molar-refractivity contribution in [1.82, 2.24) is 20.4 Å². The van der Waals surface area contributed by atoms with E-state index in [1.54, 1.807) is 0 Å². The zero-order chi connectivity index (χ0) is 16.5. The number of benzene rings is 1. The van der Waals surface area contributed by atoms with Crippen LogP contribution in [0.2, 0.25) is 0 Å². The summed E-state index contributed by atoms with van der Waals surface area (Å²) in [5.41, 5.74) is 2.58. The molecule has 126 valence electrons. The highest BCUT2D eigenvalue weighted by atomic mass is 16.5. The quantitative estimate of drug-likeness (QED) is 0.911. The lowest BCUT2D eigenvalue weighted by atomic mass is 9.93. The lowest BCUT2D eigenvalue weighted by Gasteiger charge is -2.35. The van der Waals surface area contributed by atoms with Gasteiger partial charge in [-0.3, -0.25) is 4.79 Å². The third-order valence-corrected chi connectivity index (χ3v) is 5.09. The molecule has 1 fully saturated rings.